The minimum absolute atomic E-state index is 0.0151. The van der Waals surface area contributed by atoms with Crippen molar-refractivity contribution in [2.45, 2.75) is 109 Å². The minimum Gasteiger partial charge on any atom is -0.444 e. The van der Waals surface area contributed by atoms with Crippen LogP contribution in [0.3, 0.4) is 0 Å². The van der Waals surface area contributed by atoms with Crippen LogP contribution in [0.15, 0.2) is 35.5 Å². The maximum Gasteiger partial charge on any atom is 0.407 e. The molecule has 0 unspecified atom stereocenters. The Morgan fingerprint density at radius 3 is 2.41 bits per heavy atom. The van der Waals surface area contributed by atoms with Gasteiger partial charge in [-0.2, -0.15) is 0 Å². The number of aliphatic imine (C=N–C) groups is 1. The van der Waals surface area contributed by atoms with Gasteiger partial charge in [-0.1, -0.05) is 25.0 Å². The largest absolute Gasteiger partial charge is 0.444 e. The number of benzene rings is 1. The fourth-order valence-electron chi connectivity index (χ4n) is 6.93. The first-order valence-corrected chi connectivity index (χ1v) is 16.4. The molecule has 3 fully saturated rings. The summed E-state index contributed by atoms with van der Waals surface area (Å²) in [5.41, 5.74) is 14.1. The van der Waals surface area contributed by atoms with Gasteiger partial charge in [0.25, 0.3) is 0 Å². The summed E-state index contributed by atoms with van der Waals surface area (Å²) in [5.74, 6) is 2.04. The lowest BCUT2D eigenvalue weighted by atomic mass is 9.88. The Kier molecular flexibility index (Phi) is 10.3. The van der Waals surface area contributed by atoms with Crippen molar-refractivity contribution in [2.24, 2.45) is 16.5 Å². The summed E-state index contributed by atoms with van der Waals surface area (Å²) in [7, 11) is 0. The van der Waals surface area contributed by atoms with Crippen LogP contribution < -0.4 is 27.0 Å². The van der Waals surface area contributed by atoms with Gasteiger partial charge in [0.15, 0.2) is 5.82 Å². The number of carbonyl (C=O) groups is 1. The van der Waals surface area contributed by atoms with E-state index in [9.17, 15) is 4.79 Å². The first-order valence-electron chi connectivity index (χ1n) is 16.4. The molecule has 0 radical (unpaired) electrons. The number of likely N-dealkylation sites (tertiary alicyclic amines) is 1. The lowest BCUT2D eigenvalue weighted by Gasteiger charge is -2.40. The lowest BCUT2D eigenvalue weighted by molar-refractivity contribution is 0.0489. The topological polar surface area (TPSA) is 147 Å². The summed E-state index contributed by atoms with van der Waals surface area (Å²) in [6.07, 6.45) is 11.0. The number of anilines is 3. The third-order valence-corrected chi connectivity index (χ3v) is 9.26. The molecule has 3 aliphatic rings. The number of amidine groups is 1. The highest BCUT2D eigenvalue weighted by molar-refractivity contribution is 6.00. The molecule has 2 saturated heterocycles. The Balaban J connectivity index is 1.29. The predicted octanol–water partition coefficient (Wildman–Crippen LogP) is 4.85. The van der Waals surface area contributed by atoms with Crippen LogP contribution in [0, 0.1) is 0 Å². The highest BCUT2D eigenvalue weighted by Crippen LogP contribution is 2.33. The number of nitrogens with zero attached hydrogens (tertiary/aromatic N) is 5. The quantitative estimate of drug-likeness (QED) is 0.245. The maximum absolute atomic E-state index is 12.5. The summed E-state index contributed by atoms with van der Waals surface area (Å²) in [6.45, 7) is 10.9. The second-order valence-corrected chi connectivity index (χ2v) is 13.5. The van der Waals surface area contributed by atoms with Crippen LogP contribution in [0.5, 0.6) is 0 Å². The van der Waals surface area contributed by atoms with Crippen LogP contribution >= 0.6 is 0 Å². The van der Waals surface area contributed by atoms with E-state index in [1.54, 1.807) is 6.20 Å². The summed E-state index contributed by atoms with van der Waals surface area (Å²) >= 11 is 0. The van der Waals surface area contributed by atoms with Crippen molar-refractivity contribution in [1.29, 1.82) is 0 Å². The second kappa shape index (κ2) is 14.1. The SMILES string of the molecule is C[C@@H]1[C@H](NC(=O)OC(C)(C)C)CCCN1c1cnc(C(N)=NCN)c(Nc2ccc(C3CCN(C4CCCC4)CC3)cc2)n1. The van der Waals surface area contributed by atoms with E-state index in [0.717, 1.165) is 31.1 Å². The van der Waals surface area contributed by atoms with Gasteiger partial charge in [0.1, 0.15) is 22.9 Å². The number of nitrogens with one attached hydrogen (secondary N) is 2. The molecule has 1 aliphatic carbocycles. The fraction of sp³-hybridized carbons (Fsp3) is 0.636. The summed E-state index contributed by atoms with van der Waals surface area (Å²) < 4.78 is 5.51. The monoisotopic (exact) mass is 605 g/mol. The molecule has 1 amide bonds. The molecule has 0 bridgehead atoms. The molecule has 1 aromatic carbocycles. The van der Waals surface area contributed by atoms with Crippen molar-refractivity contribution in [3.8, 4) is 0 Å². The summed E-state index contributed by atoms with van der Waals surface area (Å²) in [4.78, 5) is 31.3. The van der Waals surface area contributed by atoms with E-state index < -0.39 is 11.7 Å². The van der Waals surface area contributed by atoms with E-state index in [4.69, 9.17) is 21.2 Å². The van der Waals surface area contributed by atoms with Crippen molar-refractivity contribution < 1.29 is 9.53 Å². The Bertz CT molecular complexity index is 1280. The van der Waals surface area contributed by atoms with Gasteiger partial charge < -0.3 is 36.6 Å². The fourth-order valence-corrected chi connectivity index (χ4v) is 6.93. The van der Waals surface area contributed by atoms with Crippen LogP contribution in [-0.4, -0.2) is 76.8 Å². The van der Waals surface area contributed by atoms with Gasteiger partial charge in [-0.25, -0.2) is 14.8 Å². The average molecular weight is 606 g/mol. The number of ether oxygens (including phenoxy) is 1. The normalized spacial score (nSPS) is 22.7. The molecule has 44 heavy (non-hydrogen) atoms. The number of amides is 1. The van der Waals surface area contributed by atoms with Crippen LogP contribution in [0.25, 0.3) is 0 Å². The van der Waals surface area contributed by atoms with Gasteiger partial charge in [0, 0.05) is 24.3 Å². The molecule has 11 nitrogen and oxygen atoms in total. The molecule has 2 aliphatic heterocycles. The van der Waals surface area contributed by atoms with Crippen molar-refractivity contribution in [3.63, 3.8) is 0 Å². The third-order valence-electron chi connectivity index (χ3n) is 9.26. The van der Waals surface area contributed by atoms with E-state index in [1.807, 2.05) is 20.8 Å². The Morgan fingerprint density at radius 2 is 1.75 bits per heavy atom. The molecule has 3 heterocycles. The van der Waals surface area contributed by atoms with Crippen molar-refractivity contribution in [1.82, 2.24) is 20.2 Å². The smallest absolute Gasteiger partial charge is 0.407 e. The molecule has 2 aromatic rings. The zero-order valence-corrected chi connectivity index (χ0v) is 26.9. The molecule has 2 atom stereocenters. The zero-order chi connectivity index (χ0) is 31.3. The standard InChI is InChI=1S/C33H51N9O2/c1-22-27(39-32(43)44-33(2,3)4)10-7-17-42(22)28-20-36-29(30(35)37-21-34)31(40-28)38-25-13-11-23(12-14-25)24-15-18-41(19-16-24)26-8-5-6-9-26/h11-14,20,22,24,26-27H,5-10,15-19,21,34H2,1-4H3,(H2,35,37)(H,38,40)(H,39,43)/t22-,27-/m1/s1. The number of hydrogen-bond donors (Lipinski definition) is 4. The van der Waals surface area contributed by atoms with Gasteiger partial charge in [-0.3, -0.25) is 4.99 Å². The Hall–Kier alpha value is -3.44. The molecule has 0 spiro atoms. The van der Waals surface area contributed by atoms with E-state index in [1.165, 1.54) is 57.2 Å². The number of nitrogens with two attached hydrogens (primary N) is 2. The van der Waals surface area contributed by atoms with Gasteiger partial charge in [-0.15, -0.1) is 0 Å². The average Bonchev–Trinajstić information content (AvgIpc) is 3.53. The number of rotatable bonds is 8. The molecular formula is C33H51N9O2. The maximum atomic E-state index is 12.5. The lowest BCUT2D eigenvalue weighted by Crippen LogP contribution is -2.55. The van der Waals surface area contributed by atoms with Crippen LogP contribution in [0.2, 0.25) is 0 Å². The highest BCUT2D eigenvalue weighted by atomic mass is 16.6. The predicted molar refractivity (Wildman–Crippen MR) is 177 cm³/mol. The second-order valence-electron chi connectivity index (χ2n) is 13.5. The zero-order valence-electron chi connectivity index (χ0n) is 26.9. The van der Waals surface area contributed by atoms with Gasteiger partial charge in [0.2, 0.25) is 0 Å². The summed E-state index contributed by atoms with van der Waals surface area (Å²) in [5, 5.41) is 6.50. The Labute approximate surface area is 262 Å². The number of alkyl carbamates (subject to hydrolysis) is 1. The van der Waals surface area contributed by atoms with Crippen molar-refractivity contribution >= 4 is 29.3 Å². The van der Waals surface area contributed by atoms with Crippen molar-refractivity contribution in [2.75, 3.05) is 36.5 Å². The number of hydrogen-bond acceptors (Lipinski definition) is 9. The van der Waals surface area contributed by atoms with Gasteiger partial charge in [0.05, 0.1) is 18.9 Å². The van der Waals surface area contributed by atoms with Crippen LogP contribution in [0.1, 0.15) is 96.2 Å². The molecule has 1 saturated carbocycles. The van der Waals surface area contributed by atoms with Crippen LogP contribution in [0.4, 0.5) is 22.1 Å². The third kappa shape index (κ3) is 7.98. The van der Waals surface area contributed by atoms with E-state index in [2.05, 4.69) is 61.6 Å². The van der Waals surface area contributed by atoms with Crippen molar-refractivity contribution in [3.05, 3.63) is 41.7 Å². The molecule has 11 heteroatoms. The van der Waals surface area contributed by atoms with Gasteiger partial charge in [-0.05, 0) is 103 Å². The minimum atomic E-state index is -0.556. The molecule has 1 aromatic heterocycles. The Morgan fingerprint density at radius 1 is 1.05 bits per heavy atom. The van der Waals surface area contributed by atoms with Crippen LogP contribution in [-0.2, 0) is 4.74 Å². The van der Waals surface area contributed by atoms with E-state index in [0.29, 0.717) is 23.2 Å². The van der Waals surface area contributed by atoms with E-state index >= 15 is 0 Å². The summed E-state index contributed by atoms with van der Waals surface area (Å²) in [6, 6.07) is 9.38. The molecular weight excluding hydrogens is 554 g/mol. The number of piperidine rings is 2. The first-order chi connectivity index (χ1) is 21.1. The first kappa shape index (κ1) is 32.0. The number of carbonyl (C=O) groups excluding carboxylic acids is 1. The highest BCUT2D eigenvalue weighted by Gasteiger charge is 2.32. The van der Waals surface area contributed by atoms with Gasteiger partial charge >= 0.3 is 6.09 Å². The molecule has 6 N–H and O–H groups in total. The molecule has 240 valence electrons. The number of aromatic nitrogens is 2. The molecule has 5 rings (SSSR count). The van der Waals surface area contributed by atoms with E-state index in [-0.39, 0.29) is 24.6 Å².